The molecule has 8 nitrogen and oxygen atoms in total. The number of rotatable bonds is 1. The number of carbonyl (C=O) groups is 3. The fourth-order valence-electron chi connectivity index (χ4n) is 4.91. The largest absolute Gasteiger partial charge is 0.662 e. The van der Waals surface area contributed by atoms with E-state index in [1.165, 1.54) is 32.1 Å². The van der Waals surface area contributed by atoms with Crippen LogP contribution in [0.3, 0.4) is 0 Å². The van der Waals surface area contributed by atoms with Gasteiger partial charge in [0, 0.05) is 74.3 Å². The molecule has 3 aliphatic heterocycles. The number of carbonyl (C=O) groups excluding carboxylic acids is 3. The standard InChI is InChI=1S/C20H20N3O3.C6H13N.CH4O.U/c24-18-7-6-17(19(25)22-18)23-12-16-14(2-1-3-15(16)20(23)26)5-4-13-8-10-21-11-9-13;7-6-4-2-1-3-5-6;1-2;/h1-3,13,17H,6-12H2,(H,22,24,25);6H,1-5,7H2;2H,1H3;/q-1;;;. The summed E-state index contributed by atoms with van der Waals surface area (Å²) in [5.74, 6) is 6.11. The van der Waals surface area contributed by atoms with Gasteiger partial charge >= 0.3 is 0 Å². The number of nitrogens with zero attached hydrogens (tertiary/aromatic N) is 2. The summed E-state index contributed by atoms with van der Waals surface area (Å²) in [7, 11) is 1.00. The molecule has 0 radical (unpaired) electrons. The van der Waals surface area contributed by atoms with Crippen LogP contribution in [0.5, 0.6) is 0 Å². The van der Waals surface area contributed by atoms with Crippen LogP contribution in [-0.2, 0) is 16.1 Å². The molecule has 2 saturated heterocycles. The van der Waals surface area contributed by atoms with Crippen molar-refractivity contribution in [2.24, 2.45) is 11.7 Å². The summed E-state index contributed by atoms with van der Waals surface area (Å²) in [4.78, 5) is 37.9. The molecule has 3 heterocycles. The fourth-order valence-corrected chi connectivity index (χ4v) is 4.91. The van der Waals surface area contributed by atoms with Gasteiger partial charge < -0.3 is 21.1 Å². The summed E-state index contributed by atoms with van der Waals surface area (Å²) in [5.41, 5.74) is 7.99. The monoisotopic (exact) mass is 719 g/mol. The Morgan fingerprint density at radius 3 is 2.33 bits per heavy atom. The number of aliphatic hydroxyl groups excluding tert-OH is 1. The summed E-state index contributed by atoms with van der Waals surface area (Å²) >= 11 is 0. The molecule has 194 valence electrons. The predicted molar refractivity (Wildman–Crippen MR) is 134 cm³/mol. The topological polar surface area (TPSA) is 127 Å². The smallest absolute Gasteiger partial charge is 0.255 e. The maximum Gasteiger partial charge on any atom is 0.255 e. The number of nitrogens with one attached hydrogen (secondary N) is 1. The molecule has 0 spiro atoms. The number of amides is 3. The molecule has 4 aliphatic rings. The van der Waals surface area contributed by atoms with Gasteiger partial charge in [-0.2, -0.15) is 0 Å². The number of hydrogen-bond acceptors (Lipinski definition) is 5. The Morgan fingerprint density at radius 1 is 1.03 bits per heavy atom. The number of nitrogens with two attached hydrogens (primary N) is 1. The Kier molecular flexibility index (Phi) is 13.2. The van der Waals surface area contributed by atoms with Gasteiger partial charge in [0.1, 0.15) is 6.04 Å². The van der Waals surface area contributed by atoms with Crippen LogP contribution in [0, 0.1) is 48.9 Å². The first-order chi connectivity index (χ1) is 17.0. The first-order valence-corrected chi connectivity index (χ1v) is 12.6. The van der Waals surface area contributed by atoms with E-state index in [0.717, 1.165) is 44.2 Å². The molecular weight excluding hydrogens is 682 g/mol. The number of hydrogen-bond donors (Lipinski definition) is 3. The van der Waals surface area contributed by atoms with Gasteiger partial charge in [-0.05, 0) is 37.0 Å². The van der Waals surface area contributed by atoms with Crippen LogP contribution in [0.15, 0.2) is 18.2 Å². The maximum absolute atomic E-state index is 12.8. The maximum atomic E-state index is 12.8. The molecule has 9 heteroatoms. The van der Waals surface area contributed by atoms with Gasteiger partial charge in [0.15, 0.2) is 0 Å². The van der Waals surface area contributed by atoms with Crippen LogP contribution in [0.1, 0.15) is 79.3 Å². The third kappa shape index (κ3) is 8.16. The summed E-state index contributed by atoms with van der Waals surface area (Å²) in [6.07, 6.45) is 9.27. The first kappa shape index (κ1) is 30.5. The Balaban J connectivity index is 0.000000391. The average molecular weight is 720 g/mol. The molecule has 3 amide bonds. The summed E-state index contributed by atoms with van der Waals surface area (Å²) in [5, 5.41) is 13.7. The molecular formula is C27H37N4O4U-. The van der Waals surface area contributed by atoms with Crippen LogP contribution in [0.4, 0.5) is 0 Å². The number of aliphatic hydroxyl groups is 1. The number of benzene rings is 1. The van der Waals surface area contributed by atoms with E-state index in [1.807, 2.05) is 12.1 Å². The van der Waals surface area contributed by atoms with E-state index in [-0.39, 0.29) is 55.3 Å². The zero-order valence-electron chi connectivity index (χ0n) is 21.1. The molecule has 4 N–H and O–H groups in total. The van der Waals surface area contributed by atoms with E-state index in [0.29, 0.717) is 30.5 Å². The van der Waals surface area contributed by atoms with Crippen LogP contribution in [0.2, 0.25) is 0 Å². The van der Waals surface area contributed by atoms with E-state index in [4.69, 9.17) is 10.8 Å². The van der Waals surface area contributed by atoms with Crippen molar-refractivity contribution in [2.75, 3.05) is 20.2 Å². The van der Waals surface area contributed by atoms with Crippen molar-refractivity contribution in [1.29, 1.82) is 0 Å². The second kappa shape index (κ2) is 15.5. The zero-order valence-corrected chi connectivity index (χ0v) is 25.3. The van der Waals surface area contributed by atoms with Gasteiger partial charge in [-0.3, -0.25) is 19.7 Å². The van der Waals surface area contributed by atoms with Crippen LogP contribution in [-0.4, -0.2) is 60.0 Å². The molecule has 1 aromatic carbocycles. The first-order valence-electron chi connectivity index (χ1n) is 12.6. The predicted octanol–water partition coefficient (Wildman–Crippen LogP) is 2.47. The minimum absolute atomic E-state index is 0. The molecule has 5 rings (SSSR count). The summed E-state index contributed by atoms with van der Waals surface area (Å²) in [6.45, 7) is 2.10. The summed E-state index contributed by atoms with van der Waals surface area (Å²) < 4.78 is 0. The van der Waals surface area contributed by atoms with Gasteiger partial charge in [0.2, 0.25) is 11.8 Å². The average Bonchev–Trinajstić information content (AvgIpc) is 3.22. The van der Waals surface area contributed by atoms with Crippen molar-refractivity contribution in [3.63, 3.8) is 0 Å². The molecule has 1 aliphatic carbocycles. The number of piperidine rings is 2. The van der Waals surface area contributed by atoms with E-state index >= 15 is 0 Å². The summed E-state index contributed by atoms with van der Waals surface area (Å²) in [6, 6.07) is 5.50. The molecule has 1 unspecified atom stereocenters. The molecule has 1 saturated carbocycles. The molecule has 1 atom stereocenters. The SMILES string of the molecule is CO.NC1CCCCC1.O=C1CCC(N2Cc3c(C#CC4CC[N-]CC4)cccc3C2=O)C(=O)N1.[U]. The van der Waals surface area contributed by atoms with Gasteiger partial charge in [0.25, 0.3) is 5.91 Å². The molecule has 0 aromatic heterocycles. The fraction of sp³-hybridized carbons (Fsp3) is 0.593. The van der Waals surface area contributed by atoms with Crippen LogP contribution >= 0.6 is 0 Å². The Morgan fingerprint density at radius 2 is 1.72 bits per heavy atom. The van der Waals surface area contributed by atoms with Gasteiger partial charge in [-0.1, -0.05) is 50.0 Å². The number of imide groups is 1. The second-order valence-corrected chi connectivity index (χ2v) is 9.34. The second-order valence-electron chi connectivity index (χ2n) is 9.34. The van der Waals surface area contributed by atoms with Crippen LogP contribution < -0.4 is 11.1 Å². The Bertz CT molecular complexity index is 962. The normalized spacial score (nSPS) is 21.9. The van der Waals surface area contributed by atoms with E-state index in [2.05, 4.69) is 22.5 Å². The minimum Gasteiger partial charge on any atom is -0.662 e. The Hall–Kier alpha value is -1.68. The van der Waals surface area contributed by atoms with Crippen molar-refractivity contribution in [3.8, 4) is 11.8 Å². The van der Waals surface area contributed by atoms with Crippen molar-refractivity contribution < 1.29 is 50.6 Å². The van der Waals surface area contributed by atoms with E-state index in [1.54, 1.807) is 11.0 Å². The van der Waals surface area contributed by atoms with Crippen molar-refractivity contribution in [2.45, 2.75) is 76.4 Å². The molecule has 1 aromatic rings. The molecule has 3 fully saturated rings. The van der Waals surface area contributed by atoms with E-state index < -0.39 is 6.04 Å². The third-order valence-corrected chi connectivity index (χ3v) is 6.91. The number of fused-ring (bicyclic) bond motifs is 1. The van der Waals surface area contributed by atoms with Crippen molar-refractivity contribution in [3.05, 3.63) is 40.2 Å². The van der Waals surface area contributed by atoms with Crippen LogP contribution in [0.25, 0.3) is 5.32 Å². The quantitative estimate of drug-likeness (QED) is 0.304. The van der Waals surface area contributed by atoms with Gasteiger partial charge in [0.05, 0.1) is 0 Å². The minimum atomic E-state index is -0.589. The van der Waals surface area contributed by atoms with E-state index in [9.17, 15) is 14.4 Å². The molecule has 36 heavy (non-hydrogen) atoms. The van der Waals surface area contributed by atoms with Gasteiger partial charge in [-0.15, -0.1) is 13.1 Å². The zero-order chi connectivity index (χ0) is 25.2. The van der Waals surface area contributed by atoms with Crippen molar-refractivity contribution in [1.82, 2.24) is 10.2 Å². The molecule has 0 bridgehead atoms. The van der Waals surface area contributed by atoms with Gasteiger partial charge in [-0.25, -0.2) is 0 Å². The van der Waals surface area contributed by atoms with Crippen molar-refractivity contribution >= 4 is 17.7 Å². The Labute approximate surface area is 237 Å². The third-order valence-electron chi connectivity index (χ3n) is 6.91.